The Bertz CT molecular complexity index is 410. The van der Waals surface area contributed by atoms with E-state index in [1.165, 1.54) is 6.39 Å². The van der Waals surface area contributed by atoms with Gasteiger partial charge in [-0.2, -0.15) is 4.98 Å². The van der Waals surface area contributed by atoms with Crippen LogP contribution in [-0.2, 0) is 0 Å². The lowest BCUT2D eigenvalue weighted by Crippen LogP contribution is -1.93. The predicted molar refractivity (Wildman–Crippen MR) is 46.7 cm³/mol. The van der Waals surface area contributed by atoms with Crippen LogP contribution in [0, 0.1) is 6.92 Å². The summed E-state index contributed by atoms with van der Waals surface area (Å²) in [6, 6.07) is 1.82. The van der Waals surface area contributed by atoms with Gasteiger partial charge in [-0.25, -0.2) is 0 Å². The number of aromatic nitrogens is 3. The number of nitrogens with zero attached hydrogens (tertiary/aromatic N) is 3. The molecule has 2 aromatic heterocycles. The molecule has 0 fully saturated rings. The predicted octanol–water partition coefficient (Wildman–Crippen LogP) is 1.02. The Morgan fingerprint density at radius 1 is 1.38 bits per heavy atom. The molecular formula is C8H8N4O. The average Bonchev–Trinajstić information content (AvgIpc) is 2.56. The van der Waals surface area contributed by atoms with Gasteiger partial charge in [0.25, 0.3) is 0 Å². The summed E-state index contributed by atoms with van der Waals surface area (Å²) in [6.07, 6.45) is 2.84. The molecule has 0 aliphatic heterocycles. The summed E-state index contributed by atoms with van der Waals surface area (Å²) in [5.74, 6) is 0.484. The SMILES string of the molecule is Cc1cc(N)cnc1-c1ncon1. The molecule has 5 nitrogen and oxygen atoms in total. The van der Waals surface area contributed by atoms with Crippen LogP contribution in [0.2, 0.25) is 0 Å². The van der Waals surface area contributed by atoms with Crippen molar-refractivity contribution >= 4 is 5.69 Å². The zero-order valence-corrected chi connectivity index (χ0v) is 7.06. The molecule has 0 spiro atoms. The van der Waals surface area contributed by atoms with Gasteiger partial charge in [-0.15, -0.1) is 0 Å². The fourth-order valence-corrected chi connectivity index (χ4v) is 1.11. The van der Waals surface area contributed by atoms with Gasteiger partial charge in [0.1, 0.15) is 5.69 Å². The molecule has 2 rings (SSSR count). The Hall–Kier alpha value is -1.91. The molecule has 0 aliphatic rings. The fourth-order valence-electron chi connectivity index (χ4n) is 1.11. The number of pyridine rings is 1. The number of aryl methyl sites for hydroxylation is 1. The molecule has 66 valence electrons. The fraction of sp³-hybridized carbons (Fsp3) is 0.125. The highest BCUT2D eigenvalue weighted by Crippen LogP contribution is 2.17. The molecule has 0 bridgehead atoms. The molecule has 0 atom stereocenters. The molecule has 2 aromatic rings. The number of rotatable bonds is 1. The van der Waals surface area contributed by atoms with E-state index in [0.29, 0.717) is 17.2 Å². The second-order valence-corrected chi connectivity index (χ2v) is 2.69. The monoisotopic (exact) mass is 176 g/mol. The van der Waals surface area contributed by atoms with E-state index in [9.17, 15) is 0 Å². The lowest BCUT2D eigenvalue weighted by Gasteiger charge is -1.99. The molecular weight excluding hydrogens is 168 g/mol. The van der Waals surface area contributed by atoms with Gasteiger partial charge in [0.15, 0.2) is 0 Å². The lowest BCUT2D eigenvalue weighted by molar-refractivity contribution is 0.418. The third-order valence-electron chi connectivity index (χ3n) is 1.67. The van der Waals surface area contributed by atoms with Crippen LogP contribution in [0.3, 0.4) is 0 Å². The van der Waals surface area contributed by atoms with E-state index in [2.05, 4.69) is 19.6 Å². The summed E-state index contributed by atoms with van der Waals surface area (Å²) in [5, 5.41) is 3.69. The molecule has 0 aromatic carbocycles. The molecule has 0 amide bonds. The molecule has 0 saturated carbocycles. The van der Waals surface area contributed by atoms with E-state index in [0.717, 1.165) is 5.56 Å². The largest absolute Gasteiger partial charge is 0.397 e. The Labute approximate surface area is 74.6 Å². The van der Waals surface area contributed by atoms with E-state index in [1.54, 1.807) is 6.20 Å². The molecule has 0 aliphatic carbocycles. The van der Waals surface area contributed by atoms with Gasteiger partial charge in [-0.3, -0.25) is 4.98 Å². The highest BCUT2D eigenvalue weighted by Gasteiger charge is 2.07. The van der Waals surface area contributed by atoms with Crippen LogP contribution in [0.15, 0.2) is 23.2 Å². The van der Waals surface area contributed by atoms with Crippen molar-refractivity contribution in [3.8, 4) is 11.5 Å². The molecule has 0 unspecified atom stereocenters. The van der Waals surface area contributed by atoms with Crippen LogP contribution < -0.4 is 5.73 Å². The minimum Gasteiger partial charge on any atom is -0.397 e. The van der Waals surface area contributed by atoms with Crippen LogP contribution >= 0.6 is 0 Å². The Morgan fingerprint density at radius 2 is 2.23 bits per heavy atom. The van der Waals surface area contributed by atoms with Crippen LogP contribution in [0.5, 0.6) is 0 Å². The smallest absolute Gasteiger partial charge is 0.221 e. The van der Waals surface area contributed by atoms with Crippen molar-refractivity contribution in [2.75, 3.05) is 5.73 Å². The summed E-state index contributed by atoms with van der Waals surface area (Å²) >= 11 is 0. The normalized spacial score (nSPS) is 10.2. The molecule has 0 radical (unpaired) electrons. The molecule has 2 N–H and O–H groups in total. The summed E-state index contributed by atoms with van der Waals surface area (Å²) < 4.78 is 4.62. The van der Waals surface area contributed by atoms with Gasteiger partial charge < -0.3 is 10.3 Å². The van der Waals surface area contributed by atoms with Crippen molar-refractivity contribution in [3.05, 3.63) is 24.2 Å². The van der Waals surface area contributed by atoms with Crippen molar-refractivity contribution in [2.24, 2.45) is 0 Å². The van der Waals surface area contributed by atoms with Crippen molar-refractivity contribution in [1.82, 2.24) is 15.1 Å². The standard InChI is InChI=1S/C8H8N4O/c1-5-2-6(9)3-10-7(5)8-11-4-13-12-8/h2-4H,9H2,1H3. The van der Waals surface area contributed by atoms with Crippen molar-refractivity contribution < 1.29 is 4.52 Å². The highest BCUT2D eigenvalue weighted by molar-refractivity contribution is 5.57. The number of anilines is 1. The second-order valence-electron chi connectivity index (χ2n) is 2.69. The Kier molecular flexibility index (Phi) is 1.70. The van der Waals surface area contributed by atoms with E-state index in [4.69, 9.17) is 5.73 Å². The van der Waals surface area contributed by atoms with Crippen LogP contribution in [0.4, 0.5) is 5.69 Å². The van der Waals surface area contributed by atoms with Gasteiger partial charge in [0.05, 0.1) is 11.9 Å². The first-order valence-corrected chi connectivity index (χ1v) is 3.76. The first-order chi connectivity index (χ1) is 6.27. The maximum absolute atomic E-state index is 5.55. The summed E-state index contributed by atoms with van der Waals surface area (Å²) in [6.45, 7) is 1.90. The highest BCUT2D eigenvalue weighted by atomic mass is 16.5. The minimum atomic E-state index is 0.484. The maximum Gasteiger partial charge on any atom is 0.221 e. The minimum absolute atomic E-state index is 0.484. The molecule has 0 saturated heterocycles. The Balaban J connectivity index is 2.53. The zero-order valence-electron chi connectivity index (χ0n) is 7.06. The lowest BCUT2D eigenvalue weighted by atomic mass is 10.2. The molecule has 13 heavy (non-hydrogen) atoms. The summed E-state index contributed by atoms with van der Waals surface area (Å²) in [5.41, 5.74) is 7.81. The Morgan fingerprint density at radius 3 is 2.85 bits per heavy atom. The molecule has 5 heteroatoms. The van der Waals surface area contributed by atoms with Crippen molar-refractivity contribution in [2.45, 2.75) is 6.92 Å². The number of hydrogen-bond donors (Lipinski definition) is 1. The quantitative estimate of drug-likeness (QED) is 0.701. The summed E-state index contributed by atoms with van der Waals surface area (Å²) in [7, 11) is 0. The number of nitrogen functional groups attached to an aromatic ring is 1. The first kappa shape index (κ1) is 7.72. The van der Waals surface area contributed by atoms with Crippen LogP contribution in [0.1, 0.15) is 5.56 Å². The van der Waals surface area contributed by atoms with Crippen molar-refractivity contribution in [1.29, 1.82) is 0 Å². The van der Waals surface area contributed by atoms with Gasteiger partial charge >= 0.3 is 0 Å². The topological polar surface area (TPSA) is 77.8 Å². The maximum atomic E-state index is 5.55. The van der Waals surface area contributed by atoms with Gasteiger partial charge in [-0.05, 0) is 18.6 Å². The average molecular weight is 176 g/mol. The van der Waals surface area contributed by atoms with E-state index >= 15 is 0 Å². The van der Waals surface area contributed by atoms with Gasteiger partial charge in [-0.1, -0.05) is 5.16 Å². The van der Waals surface area contributed by atoms with Crippen LogP contribution in [0.25, 0.3) is 11.5 Å². The van der Waals surface area contributed by atoms with E-state index in [1.807, 2.05) is 13.0 Å². The van der Waals surface area contributed by atoms with E-state index < -0.39 is 0 Å². The van der Waals surface area contributed by atoms with Gasteiger partial charge in [0, 0.05) is 0 Å². The van der Waals surface area contributed by atoms with Gasteiger partial charge in [0.2, 0.25) is 12.2 Å². The van der Waals surface area contributed by atoms with Crippen molar-refractivity contribution in [3.63, 3.8) is 0 Å². The third kappa shape index (κ3) is 1.35. The summed E-state index contributed by atoms with van der Waals surface area (Å²) in [4.78, 5) is 8.01. The first-order valence-electron chi connectivity index (χ1n) is 3.76. The van der Waals surface area contributed by atoms with E-state index in [-0.39, 0.29) is 0 Å². The molecule has 2 heterocycles. The zero-order chi connectivity index (χ0) is 9.26. The number of hydrogen-bond acceptors (Lipinski definition) is 5. The van der Waals surface area contributed by atoms with Crippen LogP contribution in [-0.4, -0.2) is 15.1 Å². The number of nitrogens with two attached hydrogens (primary N) is 1. The third-order valence-corrected chi connectivity index (χ3v) is 1.67. The second kappa shape index (κ2) is 2.85.